The molecule has 1 aromatic carbocycles. The monoisotopic (exact) mass is 363 g/mol. The lowest BCUT2D eigenvalue weighted by atomic mass is 10.0. The van der Waals surface area contributed by atoms with Gasteiger partial charge in [-0.25, -0.2) is 4.98 Å². The number of hydrogen-bond acceptors (Lipinski definition) is 3. The third-order valence-electron chi connectivity index (χ3n) is 4.19. The molecule has 1 heterocycles. The second kappa shape index (κ2) is 6.44. The first-order chi connectivity index (χ1) is 12.2. The van der Waals surface area contributed by atoms with Crippen LogP contribution in [0.15, 0.2) is 42.6 Å². The normalized spacial score (nSPS) is 15.2. The molecule has 8 heteroatoms. The molecule has 0 unspecified atom stereocenters. The predicted octanol–water partition coefficient (Wildman–Crippen LogP) is 3.48. The van der Waals surface area contributed by atoms with Gasteiger partial charge in [-0.1, -0.05) is 12.1 Å². The number of halogens is 3. The average Bonchev–Trinajstić information content (AvgIpc) is 3.34. The molecule has 136 valence electrons. The van der Waals surface area contributed by atoms with Crippen LogP contribution in [0.4, 0.5) is 19.0 Å². The van der Waals surface area contributed by atoms with E-state index in [1.807, 2.05) is 0 Å². The van der Waals surface area contributed by atoms with E-state index < -0.39 is 17.3 Å². The first kappa shape index (κ1) is 17.9. The van der Waals surface area contributed by atoms with Crippen LogP contribution in [0, 0.1) is 0 Å². The molecular weight excluding hydrogens is 347 g/mol. The summed E-state index contributed by atoms with van der Waals surface area (Å²) in [6.45, 7) is 1.33. The minimum absolute atomic E-state index is 0.254. The number of rotatable bonds is 4. The standard InChI is InChI=1S/C18H16F3N3O2/c1-11(25)23-15-10-12(6-9-22-15)16(26)24-17(7-8-17)13-2-4-14(5-3-13)18(19,20)21/h2-6,9-10H,7-8H2,1H3,(H,24,26)(H,22,23,25). The van der Waals surface area contributed by atoms with E-state index in [4.69, 9.17) is 0 Å². The second-order valence-electron chi connectivity index (χ2n) is 6.22. The van der Waals surface area contributed by atoms with Crippen LogP contribution in [0.2, 0.25) is 0 Å². The van der Waals surface area contributed by atoms with Gasteiger partial charge in [0.25, 0.3) is 5.91 Å². The highest BCUT2D eigenvalue weighted by Crippen LogP contribution is 2.46. The number of carbonyl (C=O) groups excluding carboxylic acids is 2. The topological polar surface area (TPSA) is 71.1 Å². The van der Waals surface area contributed by atoms with Crippen molar-refractivity contribution in [1.29, 1.82) is 0 Å². The van der Waals surface area contributed by atoms with E-state index in [-0.39, 0.29) is 17.6 Å². The zero-order valence-electron chi connectivity index (χ0n) is 13.9. The highest BCUT2D eigenvalue weighted by atomic mass is 19.4. The summed E-state index contributed by atoms with van der Waals surface area (Å²) < 4.78 is 38.1. The van der Waals surface area contributed by atoms with Crippen molar-refractivity contribution in [2.24, 2.45) is 0 Å². The number of nitrogens with zero attached hydrogens (tertiary/aromatic N) is 1. The molecule has 26 heavy (non-hydrogen) atoms. The van der Waals surface area contributed by atoms with Crippen LogP contribution < -0.4 is 10.6 Å². The summed E-state index contributed by atoms with van der Waals surface area (Å²) in [4.78, 5) is 27.5. The molecule has 1 saturated carbocycles. The second-order valence-corrected chi connectivity index (χ2v) is 6.22. The number of nitrogens with one attached hydrogen (secondary N) is 2. The van der Waals surface area contributed by atoms with Gasteiger partial charge in [-0.05, 0) is 42.7 Å². The molecular formula is C18H16F3N3O2. The Hall–Kier alpha value is -2.90. The lowest BCUT2D eigenvalue weighted by Crippen LogP contribution is -2.35. The molecule has 0 spiro atoms. The lowest BCUT2D eigenvalue weighted by molar-refractivity contribution is -0.137. The van der Waals surface area contributed by atoms with Crippen molar-refractivity contribution in [2.45, 2.75) is 31.5 Å². The third kappa shape index (κ3) is 3.84. The van der Waals surface area contributed by atoms with Crippen molar-refractivity contribution in [3.63, 3.8) is 0 Å². The van der Waals surface area contributed by atoms with Crippen LogP contribution in [0.1, 0.15) is 41.3 Å². The van der Waals surface area contributed by atoms with Gasteiger partial charge in [-0.3, -0.25) is 9.59 Å². The van der Waals surface area contributed by atoms with Crippen molar-refractivity contribution in [1.82, 2.24) is 10.3 Å². The molecule has 1 aliphatic carbocycles. The van der Waals surface area contributed by atoms with Gasteiger partial charge < -0.3 is 10.6 Å². The maximum Gasteiger partial charge on any atom is 0.416 e. The summed E-state index contributed by atoms with van der Waals surface area (Å²) in [5.41, 5.74) is -0.437. The van der Waals surface area contributed by atoms with E-state index in [0.717, 1.165) is 12.1 Å². The first-order valence-electron chi connectivity index (χ1n) is 7.93. The van der Waals surface area contributed by atoms with Crippen LogP contribution in [0.25, 0.3) is 0 Å². The number of anilines is 1. The highest BCUT2D eigenvalue weighted by Gasteiger charge is 2.46. The molecule has 0 bridgehead atoms. The zero-order chi connectivity index (χ0) is 18.9. The van der Waals surface area contributed by atoms with E-state index in [9.17, 15) is 22.8 Å². The van der Waals surface area contributed by atoms with E-state index >= 15 is 0 Å². The maximum absolute atomic E-state index is 12.7. The van der Waals surface area contributed by atoms with Crippen molar-refractivity contribution in [3.8, 4) is 0 Å². The van der Waals surface area contributed by atoms with Crippen molar-refractivity contribution >= 4 is 17.6 Å². The van der Waals surface area contributed by atoms with Crippen LogP contribution in [0.5, 0.6) is 0 Å². The fourth-order valence-corrected chi connectivity index (χ4v) is 2.70. The van der Waals surface area contributed by atoms with Crippen LogP contribution in [-0.4, -0.2) is 16.8 Å². The molecule has 1 aliphatic rings. The van der Waals surface area contributed by atoms with Gasteiger partial charge in [0.05, 0.1) is 11.1 Å². The van der Waals surface area contributed by atoms with E-state index in [0.29, 0.717) is 24.0 Å². The Bertz CT molecular complexity index is 844. The number of hydrogen-bond donors (Lipinski definition) is 2. The number of aromatic nitrogens is 1. The van der Waals surface area contributed by atoms with Crippen molar-refractivity contribution in [2.75, 3.05) is 5.32 Å². The van der Waals surface area contributed by atoms with Gasteiger partial charge >= 0.3 is 6.18 Å². The number of amides is 2. The number of benzene rings is 1. The van der Waals surface area contributed by atoms with Gasteiger partial charge in [0.2, 0.25) is 5.91 Å². The molecule has 2 amide bonds. The molecule has 0 aliphatic heterocycles. The van der Waals surface area contributed by atoms with Crippen molar-refractivity contribution < 1.29 is 22.8 Å². The third-order valence-corrected chi connectivity index (χ3v) is 4.19. The van der Waals surface area contributed by atoms with Gasteiger partial charge in [0, 0.05) is 18.7 Å². The van der Waals surface area contributed by atoms with Gasteiger partial charge in [-0.2, -0.15) is 13.2 Å². The highest BCUT2D eigenvalue weighted by molar-refractivity contribution is 5.96. The van der Waals surface area contributed by atoms with Gasteiger partial charge in [-0.15, -0.1) is 0 Å². The fourth-order valence-electron chi connectivity index (χ4n) is 2.70. The summed E-state index contributed by atoms with van der Waals surface area (Å²) in [6, 6.07) is 7.77. The van der Waals surface area contributed by atoms with Gasteiger partial charge in [0.1, 0.15) is 5.82 Å². The van der Waals surface area contributed by atoms with E-state index in [1.54, 1.807) is 0 Å². The molecule has 5 nitrogen and oxygen atoms in total. The lowest BCUT2D eigenvalue weighted by Gasteiger charge is -2.19. The Morgan fingerprint density at radius 1 is 1.12 bits per heavy atom. The molecule has 1 fully saturated rings. The first-order valence-corrected chi connectivity index (χ1v) is 7.93. The zero-order valence-corrected chi connectivity index (χ0v) is 13.9. The molecule has 0 atom stereocenters. The average molecular weight is 363 g/mol. The molecule has 0 radical (unpaired) electrons. The Labute approximate surface area is 147 Å². The molecule has 1 aromatic heterocycles. The van der Waals surface area contributed by atoms with E-state index in [2.05, 4.69) is 15.6 Å². The summed E-state index contributed by atoms with van der Waals surface area (Å²) in [5.74, 6) is -0.431. The Kier molecular flexibility index (Phi) is 4.43. The van der Waals surface area contributed by atoms with Crippen LogP contribution in [-0.2, 0) is 16.5 Å². The Morgan fingerprint density at radius 2 is 1.77 bits per heavy atom. The fraction of sp³-hybridized carbons (Fsp3) is 0.278. The number of carbonyl (C=O) groups is 2. The molecule has 2 aromatic rings. The summed E-state index contributed by atoms with van der Waals surface area (Å²) in [6.07, 6.45) is -1.70. The molecule has 0 saturated heterocycles. The Morgan fingerprint density at radius 3 is 2.31 bits per heavy atom. The van der Waals surface area contributed by atoms with Gasteiger partial charge in [0.15, 0.2) is 0 Å². The minimum Gasteiger partial charge on any atom is -0.343 e. The largest absolute Gasteiger partial charge is 0.416 e. The number of pyridine rings is 1. The number of alkyl halides is 3. The van der Waals surface area contributed by atoms with Crippen LogP contribution >= 0.6 is 0 Å². The van der Waals surface area contributed by atoms with E-state index in [1.165, 1.54) is 37.4 Å². The van der Waals surface area contributed by atoms with Crippen LogP contribution in [0.3, 0.4) is 0 Å². The quantitative estimate of drug-likeness (QED) is 0.874. The Balaban J connectivity index is 1.76. The van der Waals surface area contributed by atoms with Crippen molar-refractivity contribution in [3.05, 3.63) is 59.3 Å². The SMILES string of the molecule is CC(=O)Nc1cc(C(=O)NC2(c3ccc(C(F)(F)F)cc3)CC2)ccn1. The predicted molar refractivity (Wildman–Crippen MR) is 88.4 cm³/mol. The molecule has 2 N–H and O–H groups in total. The summed E-state index contributed by atoms with van der Waals surface area (Å²) in [7, 11) is 0. The summed E-state index contributed by atoms with van der Waals surface area (Å²) in [5, 5.41) is 5.37. The minimum atomic E-state index is -4.39. The maximum atomic E-state index is 12.7. The molecule has 3 rings (SSSR count). The smallest absolute Gasteiger partial charge is 0.343 e. The summed E-state index contributed by atoms with van der Waals surface area (Å²) >= 11 is 0.